The van der Waals surface area contributed by atoms with Crippen LogP contribution in [0, 0.1) is 6.92 Å². The average Bonchev–Trinajstić information content (AvgIpc) is 3.41. The molecule has 5 rings (SSSR count). The van der Waals surface area contributed by atoms with Crippen LogP contribution in [0.5, 0.6) is 11.5 Å². The SMILES string of the molecule is CCOc1cc([C@@H]2CC(=O)Nc3c2c(C)nn3-c2ccc3nncn3n2)ccc1OCC(N)=O. The van der Waals surface area contributed by atoms with E-state index in [2.05, 4.69) is 25.7 Å². The number of anilines is 1. The van der Waals surface area contributed by atoms with E-state index in [1.807, 2.05) is 26.0 Å². The second-order valence-electron chi connectivity index (χ2n) is 7.78. The predicted molar refractivity (Wildman–Crippen MR) is 120 cm³/mol. The van der Waals surface area contributed by atoms with Crippen molar-refractivity contribution < 1.29 is 19.1 Å². The molecule has 12 nitrogen and oxygen atoms in total. The molecule has 2 amide bonds. The van der Waals surface area contributed by atoms with Crippen LogP contribution in [0.15, 0.2) is 36.7 Å². The van der Waals surface area contributed by atoms with Gasteiger partial charge in [0.05, 0.1) is 12.3 Å². The molecule has 0 radical (unpaired) electrons. The minimum atomic E-state index is -0.582. The van der Waals surface area contributed by atoms with Crippen molar-refractivity contribution in [3.63, 3.8) is 0 Å². The van der Waals surface area contributed by atoms with Gasteiger partial charge in [0.15, 0.2) is 29.6 Å². The van der Waals surface area contributed by atoms with Crippen LogP contribution in [0.3, 0.4) is 0 Å². The normalized spacial score (nSPS) is 15.1. The maximum Gasteiger partial charge on any atom is 0.255 e. The summed E-state index contributed by atoms with van der Waals surface area (Å²) in [4.78, 5) is 23.9. The molecule has 0 unspecified atom stereocenters. The lowest BCUT2D eigenvalue weighted by atomic mass is 9.85. The third kappa shape index (κ3) is 3.78. The fourth-order valence-corrected chi connectivity index (χ4v) is 4.11. The van der Waals surface area contributed by atoms with Gasteiger partial charge in [-0.1, -0.05) is 6.07 Å². The number of carbonyl (C=O) groups excluding carboxylic acids is 2. The van der Waals surface area contributed by atoms with Crippen molar-refractivity contribution in [3.05, 3.63) is 53.5 Å². The van der Waals surface area contributed by atoms with Gasteiger partial charge in [0, 0.05) is 17.9 Å². The van der Waals surface area contributed by atoms with Crippen molar-refractivity contribution >= 4 is 23.3 Å². The topological polar surface area (TPSA) is 152 Å². The molecule has 4 aromatic rings. The van der Waals surface area contributed by atoms with E-state index >= 15 is 0 Å². The third-order valence-corrected chi connectivity index (χ3v) is 5.51. The minimum Gasteiger partial charge on any atom is -0.490 e. The molecule has 0 saturated heterocycles. The highest BCUT2D eigenvalue weighted by atomic mass is 16.5. The Bertz CT molecular complexity index is 1410. The first-order valence-corrected chi connectivity index (χ1v) is 10.7. The number of aryl methyl sites for hydroxylation is 1. The Morgan fingerprint density at radius 3 is 2.85 bits per heavy atom. The number of ether oxygens (including phenoxy) is 2. The van der Waals surface area contributed by atoms with Gasteiger partial charge in [-0.05, 0) is 43.7 Å². The summed E-state index contributed by atoms with van der Waals surface area (Å²) in [6.07, 6.45) is 1.74. The number of nitrogens with one attached hydrogen (secondary N) is 1. The number of primary amides is 1. The largest absolute Gasteiger partial charge is 0.490 e. The molecule has 0 fully saturated rings. The van der Waals surface area contributed by atoms with Crippen LogP contribution in [0.1, 0.15) is 36.1 Å². The number of carbonyl (C=O) groups is 2. The number of amides is 2. The number of benzene rings is 1. The molecule has 1 atom stereocenters. The summed E-state index contributed by atoms with van der Waals surface area (Å²) in [5.74, 6) is 0.966. The third-order valence-electron chi connectivity index (χ3n) is 5.51. The Hall–Kier alpha value is -4.48. The molecule has 1 aliphatic rings. The number of aromatic nitrogens is 6. The minimum absolute atomic E-state index is 0.143. The van der Waals surface area contributed by atoms with Crippen molar-refractivity contribution in [1.29, 1.82) is 0 Å². The summed E-state index contributed by atoms with van der Waals surface area (Å²) in [5.41, 5.74) is 8.31. The Balaban J connectivity index is 1.57. The zero-order valence-electron chi connectivity index (χ0n) is 18.6. The monoisotopic (exact) mass is 462 g/mol. The molecule has 12 heteroatoms. The average molecular weight is 462 g/mol. The first-order chi connectivity index (χ1) is 16.4. The van der Waals surface area contributed by atoms with Gasteiger partial charge in [-0.2, -0.15) is 14.3 Å². The van der Waals surface area contributed by atoms with Crippen LogP contribution < -0.4 is 20.5 Å². The van der Waals surface area contributed by atoms with Crippen LogP contribution in [0.25, 0.3) is 11.5 Å². The molecule has 1 aliphatic heterocycles. The Morgan fingerprint density at radius 1 is 1.21 bits per heavy atom. The lowest BCUT2D eigenvalue weighted by Gasteiger charge is -2.25. The van der Waals surface area contributed by atoms with Crippen LogP contribution in [0.2, 0.25) is 0 Å². The lowest BCUT2D eigenvalue weighted by Crippen LogP contribution is -2.25. The van der Waals surface area contributed by atoms with E-state index in [4.69, 9.17) is 15.2 Å². The summed E-state index contributed by atoms with van der Waals surface area (Å²) in [5, 5.41) is 19.9. The highest BCUT2D eigenvalue weighted by Crippen LogP contribution is 2.42. The quantitative estimate of drug-likeness (QED) is 0.418. The van der Waals surface area contributed by atoms with E-state index in [0.29, 0.717) is 35.4 Å². The molecule has 0 aliphatic carbocycles. The van der Waals surface area contributed by atoms with Gasteiger partial charge in [0.25, 0.3) is 5.91 Å². The van der Waals surface area contributed by atoms with Gasteiger partial charge in [0.2, 0.25) is 5.91 Å². The van der Waals surface area contributed by atoms with E-state index in [9.17, 15) is 9.59 Å². The lowest BCUT2D eigenvalue weighted by molar-refractivity contribution is -0.120. The van der Waals surface area contributed by atoms with Gasteiger partial charge >= 0.3 is 0 Å². The predicted octanol–water partition coefficient (Wildman–Crippen LogP) is 1.36. The maximum absolute atomic E-state index is 12.7. The summed E-state index contributed by atoms with van der Waals surface area (Å²) in [7, 11) is 0. The molecular formula is C22H22N8O4. The van der Waals surface area contributed by atoms with Crippen molar-refractivity contribution in [2.75, 3.05) is 18.5 Å². The fraction of sp³-hybridized carbons (Fsp3) is 0.273. The molecule has 3 aromatic heterocycles. The van der Waals surface area contributed by atoms with Gasteiger partial charge in [-0.15, -0.1) is 15.3 Å². The summed E-state index contributed by atoms with van der Waals surface area (Å²) < 4.78 is 14.4. The van der Waals surface area contributed by atoms with Crippen LogP contribution in [-0.4, -0.2) is 54.6 Å². The second-order valence-corrected chi connectivity index (χ2v) is 7.78. The highest BCUT2D eigenvalue weighted by molar-refractivity contribution is 5.95. The van der Waals surface area contributed by atoms with Crippen molar-refractivity contribution in [3.8, 4) is 17.3 Å². The van der Waals surface area contributed by atoms with Crippen molar-refractivity contribution in [2.45, 2.75) is 26.2 Å². The summed E-state index contributed by atoms with van der Waals surface area (Å²) in [6.45, 7) is 3.89. The number of hydrogen-bond donors (Lipinski definition) is 2. The molecule has 4 heterocycles. The van der Waals surface area contributed by atoms with E-state index in [1.54, 1.807) is 27.4 Å². The van der Waals surface area contributed by atoms with Crippen LogP contribution >= 0.6 is 0 Å². The molecule has 1 aromatic carbocycles. The molecule has 174 valence electrons. The second kappa shape index (κ2) is 8.46. The molecule has 3 N–H and O–H groups in total. The van der Waals surface area contributed by atoms with Gasteiger partial charge in [-0.3, -0.25) is 9.59 Å². The Morgan fingerprint density at radius 2 is 2.06 bits per heavy atom. The van der Waals surface area contributed by atoms with Gasteiger partial charge in [0.1, 0.15) is 12.1 Å². The Kier molecular flexibility index (Phi) is 5.32. The maximum atomic E-state index is 12.7. The summed E-state index contributed by atoms with van der Waals surface area (Å²) in [6, 6.07) is 8.94. The van der Waals surface area contributed by atoms with E-state index in [0.717, 1.165) is 16.8 Å². The fourth-order valence-electron chi connectivity index (χ4n) is 4.11. The summed E-state index contributed by atoms with van der Waals surface area (Å²) >= 11 is 0. The number of nitrogens with zero attached hydrogens (tertiary/aromatic N) is 6. The zero-order chi connectivity index (χ0) is 23.8. The molecular weight excluding hydrogens is 440 g/mol. The molecule has 0 spiro atoms. The molecule has 34 heavy (non-hydrogen) atoms. The van der Waals surface area contributed by atoms with Gasteiger partial charge < -0.3 is 20.5 Å². The van der Waals surface area contributed by atoms with E-state index in [1.165, 1.54) is 6.33 Å². The number of nitrogens with two attached hydrogens (primary N) is 1. The van der Waals surface area contributed by atoms with Crippen molar-refractivity contribution in [1.82, 2.24) is 29.6 Å². The zero-order valence-corrected chi connectivity index (χ0v) is 18.6. The molecule has 0 bridgehead atoms. The van der Waals surface area contributed by atoms with E-state index in [-0.39, 0.29) is 24.9 Å². The first-order valence-electron chi connectivity index (χ1n) is 10.7. The van der Waals surface area contributed by atoms with Crippen molar-refractivity contribution in [2.24, 2.45) is 5.73 Å². The molecule has 0 saturated carbocycles. The van der Waals surface area contributed by atoms with Gasteiger partial charge in [-0.25, -0.2) is 0 Å². The van der Waals surface area contributed by atoms with E-state index < -0.39 is 5.91 Å². The Labute approximate surface area is 193 Å². The number of fused-ring (bicyclic) bond motifs is 2. The van der Waals surface area contributed by atoms with Crippen LogP contribution in [0.4, 0.5) is 5.82 Å². The standard InChI is InChI=1S/C22H22N8O4/c1-3-33-16-8-13(4-5-15(16)34-10-17(23)31)14-9-20(32)25-22-21(14)12(2)27-30(22)19-7-6-18-26-24-11-29(18)28-19/h4-8,11,14H,3,9-10H2,1-2H3,(H2,23,31)(H,25,32)/t14-/m0/s1. The van der Waals surface area contributed by atoms with Crippen LogP contribution in [-0.2, 0) is 9.59 Å². The highest BCUT2D eigenvalue weighted by Gasteiger charge is 2.33. The first kappa shape index (κ1) is 21.4. The number of hydrogen-bond acceptors (Lipinski definition) is 8. The number of rotatable bonds is 7. The smallest absolute Gasteiger partial charge is 0.255 e.